The molecule has 0 saturated carbocycles. The van der Waals surface area contributed by atoms with Crippen LogP contribution in [0.5, 0.6) is 0 Å². The number of hydrogen-bond donors (Lipinski definition) is 2. The largest absolute Gasteiger partial charge is 0.388 e. The van der Waals surface area contributed by atoms with Crippen molar-refractivity contribution in [3.63, 3.8) is 0 Å². The minimum absolute atomic E-state index is 0.158. The number of benzene rings is 3. The number of anilines is 3. The number of amides is 2. The number of rotatable bonds is 4. The fourth-order valence-electron chi connectivity index (χ4n) is 4.21. The van der Waals surface area contributed by atoms with Gasteiger partial charge in [0.2, 0.25) is 0 Å². The molecule has 1 aliphatic rings. The Bertz CT molecular complexity index is 1510. The van der Waals surface area contributed by atoms with Crippen LogP contribution in [0.3, 0.4) is 0 Å². The van der Waals surface area contributed by atoms with Crippen molar-refractivity contribution in [2.45, 2.75) is 6.42 Å². The Hall–Kier alpha value is -4.18. The molecule has 0 fully saturated rings. The second-order valence-electron chi connectivity index (χ2n) is 8.36. The second-order valence-corrected chi connectivity index (χ2v) is 9.41. The highest BCUT2D eigenvalue weighted by molar-refractivity contribution is 7.17. The molecule has 37 heavy (non-hydrogen) atoms. The Kier molecular flexibility index (Phi) is 6.43. The van der Waals surface area contributed by atoms with Crippen molar-refractivity contribution in [1.82, 2.24) is 0 Å². The molecule has 0 atom stereocenters. The number of hydrogen-bond acceptors (Lipinski definition) is 4. The molecule has 2 N–H and O–H groups in total. The highest BCUT2D eigenvalue weighted by Gasteiger charge is 2.28. The van der Waals surface area contributed by atoms with Gasteiger partial charge in [-0.2, -0.15) is 0 Å². The molecule has 3 aromatic carbocycles. The summed E-state index contributed by atoms with van der Waals surface area (Å²) in [5, 5.41) is 5.15. The average Bonchev–Trinajstić information content (AvgIpc) is 3.24. The van der Waals surface area contributed by atoms with Gasteiger partial charge in [0.1, 0.15) is 17.3 Å². The number of fused-ring (bicyclic) bond motifs is 3. The third-order valence-corrected chi connectivity index (χ3v) is 7.25. The Morgan fingerprint density at radius 1 is 0.892 bits per heavy atom. The monoisotopic (exact) mass is 525 g/mol. The van der Waals surface area contributed by atoms with E-state index in [9.17, 15) is 27.2 Å². The molecule has 0 unspecified atom stereocenters. The molecule has 0 bridgehead atoms. The SMILES string of the molecule is CNc1ccc(C(=O)N2CCc3cc(C(=O)Nc4c(F)cc(F)cc4F)sc3-c3ccc(F)cc32)cc1. The molecule has 2 amide bonds. The molecular weight excluding hydrogens is 506 g/mol. The lowest BCUT2D eigenvalue weighted by Crippen LogP contribution is -2.32. The molecule has 0 spiro atoms. The Labute approximate surface area is 213 Å². The zero-order chi connectivity index (χ0) is 26.3. The summed E-state index contributed by atoms with van der Waals surface area (Å²) in [6.07, 6.45) is 0.356. The van der Waals surface area contributed by atoms with E-state index in [2.05, 4.69) is 10.6 Å². The van der Waals surface area contributed by atoms with Crippen molar-refractivity contribution in [2.24, 2.45) is 0 Å². The summed E-state index contributed by atoms with van der Waals surface area (Å²) in [6.45, 7) is 0.217. The third-order valence-electron chi connectivity index (χ3n) is 6.04. The Morgan fingerprint density at radius 2 is 1.59 bits per heavy atom. The van der Waals surface area contributed by atoms with E-state index in [4.69, 9.17) is 0 Å². The van der Waals surface area contributed by atoms with Gasteiger partial charge in [0, 0.05) is 47.4 Å². The van der Waals surface area contributed by atoms with Gasteiger partial charge in [-0.25, -0.2) is 17.6 Å². The topological polar surface area (TPSA) is 61.4 Å². The van der Waals surface area contributed by atoms with Crippen LogP contribution in [0.2, 0.25) is 0 Å². The molecule has 4 aromatic rings. The van der Waals surface area contributed by atoms with Gasteiger partial charge < -0.3 is 15.5 Å². The minimum Gasteiger partial charge on any atom is -0.388 e. The van der Waals surface area contributed by atoms with Crippen LogP contribution >= 0.6 is 11.3 Å². The maximum atomic E-state index is 14.3. The van der Waals surface area contributed by atoms with E-state index in [1.54, 1.807) is 37.4 Å². The molecule has 10 heteroatoms. The molecule has 1 aromatic heterocycles. The molecular formula is C27H19F4N3O2S. The van der Waals surface area contributed by atoms with E-state index < -0.39 is 34.9 Å². The second kappa shape index (κ2) is 9.70. The van der Waals surface area contributed by atoms with Crippen LogP contribution in [0.15, 0.2) is 60.7 Å². The number of nitrogens with zero attached hydrogens (tertiary/aromatic N) is 1. The van der Waals surface area contributed by atoms with Gasteiger partial charge in [-0.05, 0) is 60.5 Å². The van der Waals surface area contributed by atoms with Gasteiger partial charge in [-0.1, -0.05) is 0 Å². The van der Waals surface area contributed by atoms with Gasteiger partial charge in [-0.3, -0.25) is 9.59 Å². The standard InChI is InChI=1S/C27H19F4N3O2S/c1-32-18-5-2-14(3-6-18)27(36)34-9-8-15-10-23(37-25(15)19-7-4-16(28)13-22(19)34)26(35)33-24-20(30)11-17(29)12-21(24)31/h2-7,10-13,32H,8-9H2,1H3,(H,33,35). The highest BCUT2D eigenvalue weighted by atomic mass is 32.1. The van der Waals surface area contributed by atoms with Crippen LogP contribution in [-0.4, -0.2) is 25.4 Å². The van der Waals surface area contributed by atoms with Crippen molar-refractivity contribution in [1.29, 1.82) is 0 Å². The molecule has 1 aliphatic heterocycles. The lowest BCUT2D eigenvalue weighted by Gasteiger charge is -2.23. The van der Waals surface area contributed by atoms with E-state index in [-0.39, 0.29) is 17.3 Å². The van der Waals surface area contributed by atoms with Crippen molar-refractivity contribution < 1.29 is 27.2 Å². The Balaban J connectivity index is 1.49. The molecule has 5 nitrogen and oxygen atoms in total. The van der Waals surface area contributed by atoms with Gasteiger partial charge in [0.05, 0.1) is 10.6 Å². The first kappa shape index (κ1) is 24.5. The maximum absolute atomic E-state index is 14.3. The van der Waals surface area contributed by atoms with Crippen molar-refractivity contribution in [3.8, 4) is 10.4 Å². The van der Waals surface area contributed by atoms with Crippen molar-refractivity contribution in [2.75, 3.05) is 29.1 Å². The minimum atomic E-state index is -1.23. The summed E-state index contributed by atoms with van der Waals surface area (Å²) in [5.74, 6) is -5.17. The number of carbonyl (C=O) groups is 2. The quantitative estimate of drug-likeness (QED) is 0.300. The first-order valence-electron chi connectivity index (χ1n) is 11.2. The predicted molar refractivity (Wildman–Crippen MR) is 135 cm³/mol. The summed E-state index contributed by atoms with van der Waals surface area (Å²) >= 11 is 1.05. The van der Waals surface area contributed by atoms with Crippen molar-refractivity contribution >= 4 is 40.2 Å². The fourth-order valence-corrected chi connectivity index (χ4v) is 5.35. The number of nitrogens with one attached hydrogen (secondary N) is 2. The van der Waals surface area contributed by atoms with Crippen LogP contribution in [0.4, 0.5) is 34.6 Å². The normalized spacial score (nSPS) is 12.4. The van der Waals surface area contributed by atoms with Crippen LogP contribution in [0.25, 0.3) is 10.4 Å². The van der Waals surface area contributed by atoms with E-state index in [1.807, 2.05) is 0 Å². The third kappa shape index (κ3) is 4.67. The van der Waals surface area contributed by atoms with Gasteiger partial charge in [-0.15, -0.1) is 11.3 Å². The summed E-state index contributed by atoms with van der Waals surface area (Å²) in [6, 6.07) is 13.5. The highest BCUT2D eigenvalue weighted by Crippen LogP contribution is 2.42. The number of thiophene rings is 1. The van der Waals surface area contributed by atoms with E-state index in [0.717, 1.165) is 22.6 Å². The molecule has 0 aliphatic carbocycles. The lowest BCUT2D eigenvalue weighted by atomic mass is 10.1. The van der Waals surface area contributed by atoms with Gasteiger partial charge >= 0.3 is 0 Å². The summed E-state index contributed by atoms with van der Waals surface area (Å²) in [5.41, 5.74) is 2.15. The summed E-state index contributed by atoms with van der Waals surface area (Å²) < 4.78 is 55.6. The predicted octanol–water partition coefficient (Wildman–Crippen LogP) is 6.47. The van der Waals surface area contributed by atoms with Crippen LogP contribution in [0.1, 0.15) is 25.6 Å². The molecule has 0 saturated heterocycles. The van der Waals surface area contributed by atoms with Crippen molar-refractivity contribution in [3.05, 3.63) is 99.9 Å². The van der Waals surface area contributed by atoms with Crippen LogP contribution in [0, 0.1) is 23.3 Å². The summed E-state index contributed by atoms with van der Waals surface area (Å²) in [4.78, 5) is 28.5. The average molecular weight is 526 g/mol. The molecule has 2 heterocycles. The van der Waals surface area contributed by atoms with Crippen LogP contribution in [-0.2, 0) is 6.42 Å². The summed E-state index contributed by atoms with van der Waals surface area (Å²) in [7, 11) is 1.77. The Morgan fingerprint density at radius 3 is 2.27 bits per heavy atom. The van der Waals surface area contributed by atoms with E-state index in [0.29, 0.717) is 40.2 Å². The van der Waals surface area contributed by atoms with E-state index in [1.165, 1.54) is 23.1 Å². The first-order valence-corrected chi connectivity index (χ1v) is 12.0. The fraction of sp³-hybridized carbons (Fsp3) is 0.111. The van der Waals surface area contributed by atoms with Gasteiger partial charge in [0.15, 0.2) is 11.6 Å². The smallest absolute Gasteiger partial charge is 0.265 e. The lowest BCUT2D eigenvalue weighted by molar-refractivity contribution is 0.0985. The number of carbonyl (C=O) groups excluding carboxylic acids is 2. The first-order chi connectivity index (χ1) is 17.7. The molecule has 188 valence electrons. The maximum Gasteiger partial charge on any atom is 0.265 e. The zero-order valence-electron chi connectivity index (χ0n) is 19.4. The molecule has 0 radical (unpaired) electrons. The van der Waals surface area contributed by atoms with Crippen LogP contribution < -0.4 is 15.5 Å². The number of halogens is 4. The zero-order valence-corrected chi connectivity index (χ0v) is 20.2. The van der Waals surface area contributed by atoms with Gasteiger partial charge in [0.25, 0.3) is 11.8 Å². The molecule has 5 rings (SSSR count). The van der Waals surface area contributed by atoms with E-state index >= 15 is 0 Å².